The third-order valence-electron chi connectivity index (χ3n) is 5.32. The fourth-order valence-corrected chi connectivity index (χ4v) is 3.73. The number of nitrogens with zero attached hydrogens (tertiary/aromatic N) is 3. The van der Waals surface area contributed by atoms with Crippen molar-refractivity contribution >= 4 is 23.2 Å². The van der Waals surface area contributed by atoms with Gasteiger partial charge in [0.15, 0.2) is 0 Å². The molecule has 30 heavy (non-hydrogen) atoms. The van der Waals surface area contributed by atoms with E-state index in [2.05, 4.69) is 15.3 Å². The second kappa shape index (κ2) is 9.54. The molecule has 1 saturated heterocycles. The lowest BCUT2D eigenvalue weighted by molar-refractivity contribution is -0.131. The fraction of sp³-hybridized carbons (Fsp3) is 0.348. The highest BCUT2D eigenvalue weighted by Crippen LogP contribution is 2.21. The predicted molar refractivity (Wildman–Crippen MR) is 116 cm³/mol. The normalized spacial score (nSPS) is 16.9. The number of para-hydroxylation sites is 1. The van der Waals surface area contributed by atoms with Gasteiger partial charge in [0.25, 0.3) is 5.91 Å². The number of hydrazone groups is 1. The van der Waals surface area contributed by atoms with E-state index in [-0.39, 0.29) is 11.8 Å². The number of anilines is 1. The fourth-order valence-electron chi connectivity index (χ4n) is 3.73. The number of morpholine rings is 1. The third-order valence-corrected chi connectivity index (χ3v) is 5.32. The van der Waals surface area contributed by atoms with Gasteiger partial charge in [-0.05, 0) is 17.7 Å². The van der Waals surface area contributed by atoms with Crippen LogP contribution < -0.4 is 10.2 Å². The molecule has 2 aromatic rings. The smallest absolute Gasteiger partial charge is 0.253 e. The van der Waals surface area contributed by atoms with E-state index in [9.17, 15) is 9.59 Å². The minimum atomic E-state index is -0.145. The molecule has 0 unspecified atom stereocenters. The average molecular weight is 406 g/mol. The number of hydrogen-bond donors (Lipinski definition) is 1. The summed E-state index contributed by atoms with van der Waals surface area (Å²) in [6, 6.07) is 17.5. The second-order valence-electron chi connectivity index (χ2n) is 7.30. The molecule has 7 nitrogen and oxygen atoms in total. The molecule has 1 fully saturated rings. The Kier molecular flexibility index (Phi) is 6.39. The molecule has 0 aliphatic carbocycles. The lowest BCUT2D eigenvalue weighted by Gasteiger charge is -2.30. The number of benzene rings is 2. The quantitative estimate of drug-likeness (QED) is 0.799. The van der Waals surface area contributed by atoms with Gasteiger partial charge in [0.05, 0.1) is 31.0 Å². The minimum absolute atomic E-state index is 0.0161. The van der Waals surface area contributed by atoms with Crippen molar-refractivity contribution in [2.75, 3.05) is 44.3 Å². The first-order chi connectivity index (χ1) is 14.7. The Morgan fingerprint density at radius 2 is 1.73 bits per heavy atom. The molecule has 2 amide bonds. The number of ether oxygens (including phenoxy) is 1. The van der Waals surface area contributed by atoms with Crippen LogP contribution >= 0.6 is 0 Å². The molecule has 7 heteroatoms. The van der Waals surface area contributed by atoms with Crippen LogP contribution in [0.1, 0.15) is 28.8 Å². The van der Waals surface area contributed by atoms with Gasteiger partial charge in [-0.25, -0.2) is 5.01 Å². The van der Waals surface area contributed by atoms with Crippen LogP contribution in [0.3, 0.4) is 0 Å². The number of carbonyl (C=O) groups is 2. The Morgan fingerprint density at radius 1 is 1.00 bits per heavy atom. The van der Waals surface area contributed by atoms with Crippen LogP contribution in [0.5, 0.6) is 0 Å². The van der Waals surface area contributed by atoms with Crippen LogP contribution in [0.15, 0.2) is 59.7 Å². The van der Waals surface area contributed by atoms with Crippen molar-refractivity contribution in [1.29, 1.82) is 0 Å². The van der Waals surface area contributed by atoms with Gasteiger partial charge in [-0.3, -0.25) is 9.59 Å². The number of carbonyl (C=O) groups excluding carboxylic acids is 2. The van der Waals surface area contributed by atoms with Gasteiger partial charge in [-0.15, -0.1) is 0 Å². The molecule has 0 spiro atoms. The summed E-state index contributed by atoms with van der Waals surface area (Å²) in [5, 5.41) is 8.93. The number of rotatable bonds is 6. The summed E-state index contributed by atoms with van der Waals surface area (Å²) in [7, 11) is 0. The zero-order valence-corrected chi connectivity index (χ0v) is 16.9. The second-order valence-corrected chi connectivity index (χ2v) is 7.30. The van der Waals surface area contributed by atoms with Crippen molar-refractivity contribution in [3.05, 3.63) is 65.7 Å². The molecule has 0 radical (unpaired) electrons. The molecule has 0 saturated carbocycles. The summed E-state index contributed by atoms with van der Waals surface area (Å²) in [5.74, 6) is -0.161. The standard InChI is InChI=1S/C23H26N4O3/c28-22-11-10-20(18-6-2-1-3-7-18)25-27(22)13-12-24-23(29)19-8-4-5-9-21(19)26-14-16-30-17-15-26/h1-9H,10-17H2,(H,24,29). The van der Waals surface area contributed by atoms with Gasteiger partial charge in [0, 0.05) is 38.2 Å². The Bertz CT molecular complexity index is 923. The Labute approximate surface area is 176 Å². The van der Waals surface area contributed by atoms with Crippen LogP contribution in [0.2, 0.25) is 0 Å². The van der Waals surface area contributed by atoms with E-state index in [1.54, 1.807) is 0 Å². The maximum absolute atomic E-state index is 12.8. The van der Waals surface area contributed by atoms with E-state index in [0.29, 0.717) is 44.7 Å². The number of amides is 2. The van der Waals surface area contributed by atoms with Crippen LogP contribution in [-0.2, 0) is 9.53 Å². The average Bonchev–Trinajstić information content (AvgIpc) is 2.81. The Hall–Kier alpha value is -3.19. The number of nitrogens with one attached hydrogen (secondary N) is 1. The van der Waals surface area contributed by atoms with Gasteiger partial charge < -0.3 is 15.0 Å². The third kappa shape index (κ3) is 4.68. The zero-order chi connectivity index (χ0) is 20.8. The van der Waals surface area contributed by atoms with Gasteiger partial charge >= 0.3 is 0 Å². The van der Waals surface area contributed by atoms with E-state index in [4.69, 9.17) is 4.74 Å². The lowest BCUT2D eigenvalue weighted by atomic mass is 10.0. The molecule has 156 valence electrons. The van der Waals surface area contributed by atoms with Gasteiger partial charge in [-0.2, -0.15) is 5.10 Å². The molecule has 0 atom stereocenters. The van der Waals surface area contributed by atoms with Gasteiger partial charge in [-0.1, -0.05) is 42.5 Å². The SMILES string of the molecule is O=C(NCCN1N=C(c2ccccc2)CCC1=O)c1ccccc1N1CCOCC1. The molecular formula is C23H26N4O3. The largest absolute Gasteiger partial charge is 0.378 e. The highest BCUT2D eigenvalue weighted by molar-refractivity contribution is 6.04. The topological polar surface area (TPSA) is 74.2 Å². The molecule has 0 bridgehead atoms. The molecule has 0 aromatic heterocycles. The molecule has 2 aliphatic rings. The summed E-state index contributed by atoms with van der Waals surface area (Å²) in [5.41, 5.74) is 3.48. The minimum Gasteiger partial charge on any atom is -0.378 e. The summed E-state index contributed by atoms with van der Waals surface area (Å²) in [4.78, 5) is 27.2. The zero-order valence-electron chi connectivity index (χ0n) is 16.9. The van der Waals surface area contributed by atoms with E-state index < -0.39 is 0 Å². The van der Waals surface area contributed by atoms with Crippen molar-refractivity contribution in [3.8, 4) is 0 Å². The summed E-state index contributed by atoms with van der Waals surface area (Å²) < 4.78 is 5.41. The Morgan fingerprint density at radius 3 is 2.53 bits per heavy atom. The predicted octanol–water partition coefficient (Wildman–Crippen LogP) is 2.28. The molecule has 2 aliphatic heterocycles. The monoisotopic (exact) mass is 406 g/mol. The molecule has 4 rings (SSSR count). The van der Waals surface area contributed by atoms with E-state index >= 15 is 0 Å². The first-order valence-electron chi connectivity index (χ1n) is 10.4. The Balaban J connectivity index is 1.38. The maximum Gasteiger partial charge on any atom is 0.253 e. The summed E-state index contributed by atoms with van der Waals surface area (Å²) >= 11 is 0. The maximum atomic E-state index is 12.8. The highest BCUT2D eigenvalue weighted by Gasteiger charge is 2.22. The first-order valence-corrected chi connectivity index (χ1v) is 10.4. The summed E-state index contributed by atoms with van der Waals surface area (Å²) in [6.07, 6.45) is 1.07. The van der Waals surface area contributed by atoms with E-state index in [0.717, 1.165) is 30.1 Å². The van der Waals surface area contributed by atoms with Crippen molar-refractivity contribution in [2.24, 2.45) is 5.10 Å². The van der Waals surface area contributed by atoms with Crippen LogP contribution in [0.4, 0.5) is 5.69 Å². The van der Waals surface area contributed by atoms with Crippen molar-refractivity contribution in [2.45, 2.75) is 12.8 Å². The van der Waals surface area contributed by atoms with Gasteiger partial charge in [0.1, 0.15) is 0 Å². The molecule has 2 aromatic carbocycles. The van der Waals surface area contributed by atoms with Crippen molar-refractivity contribution in [3.63, 3.8) is 0 Å². The number of hydrogen-bond acceptors (Lipinski definition) is 5. The molecule has 1 N–H and O–H groups in total. The van der Waals surface area contributed by atoms with Crippen molar-refractivity contribution < 1.29 is 14.3 Å². The summed E-state index contributed by atoms with van der Waals surface area (Å²) in [6.45, 7) is 3.55. The first kappa shape index (κ1) is 20.1. The lowest BCUT2D eigenvalue weighted by Crippen LogP contribution is -2.40. The van der Waals surface area contributed by atoms with E-state index in [1.165, 1.54) is 5.01 Å². The van der Waals surface area contributed by atoms with Crippen LogP contribution in [-0.4, -0.2) is 61.9 Å². The molecule has 2 heterocycles. The molecular weight excluding hydrogens is 380 g/mol. The van der Waals surface area contributed by atoms with Crippen molar-refractivity contribution in [1.82, 2.24) is 10.3 Å². The van der Waals surface area contributed by atoms with Crippen LogP contribution in [0, 0.1) is 0 Å². The van der Waals surface area contributed by atoms with Gasteiger partial charge in [0.2, 0.25) is 5.91 Å². The van der Waals surface area contributed by atoms with E-state index in [1.807, 2.05) is 54.6 Å². The van der Waals surface area contributed by atoms with Crippen LogP contribution in [0.25, 0.3) is 0 Å². The highest BCUT2D eigenvalue weighted by atomic mass is 16.5.